The van der Waals surface area contributed by atoms with Crippen molar-refractivity contribution in [2.24, 2.45) is 5.92 Å². The first kappa shape index (κ1) is 15.9. The molecule has 0 unspecified atom stereocenters. The first-order valence-electron chi connectivity index (χ1n) is 7.44. The van der Waals surface area contributed by atoms with Gasteiger partial charge in [-0.05, 0) is 30.8 Å². The molecule has 0 aliphatic heterocycles. The van der Waals surface area contributed by atoms with Crippen LogP contribution >= 0.6 is 0 Å². The Balaban J connectivity index is 2.84. The predicted molar refractivity (Wildman–Crippen MR) is 80.3 cm³/mol. The molecule has 0 spiro atoms. The van der Waals surface area contributed by atoms with Gasteiger partial charge in [0.1, 0.15) is 0 Å². The average molecular weight is 270 g/mol. The smallest absolute Gasteiger partial charge is 0.0799 e. The van der Waals surface area contributed by atoms with E-state index in [1.807, 2.05) is 6.92 Å². The molecule has 0 amide bonds. The molecule has 1 saturated carbocycles. The fraction of sp³-hybridized carbons (Fsp3) is 0.867. The van der Waals surface area contributed by atoms with Gasteiger partial charge in [0.25, 0.3) is 0 Å². The molecule has 0 heterocycles. The van der Waals surface area contributed by atoms with Crippen molar-refractivity contribution < 1.29 is 10.2 Å². The Labute approximate surface area is 113 Å². The topological polar surface area (TPSA) is 40.5 Å². The largest absolute Gasteiger partial charge is 0.389 e. The van der Waals surface area contributed by atoms with Gasteiger partial charge in [-0.2, -0.15) is 0 Å². The number of rotatable bonds is 5. The highest BCUT2D eigenvalue weighted by Gasteiger charge is 2.29. The van der Waals surface area contributed by atoms with E-state index in [9.17, 15) is 10.2 Å². The molecule has 0 radical (unpaired) electrons. The van der Waals surface area contributed by atoms with E-state index < -0.39 is 20.3 Å². The van der Waals surface area contributed by atoms with E-state index >= 15 is 0 Å². The minimum atomic E-state index is -1.41. The highest BCUT2D eigenvalue weighted by molar-refractivity contribution is 6.81. The fourth-order valence-corrected chi connectivity index (χ4v) is 4.20. The summed E-state index contributed by atoms with van der Waals surface area (Å²) < 4.78 is 0. The van der Waals surface area contributed by atoms with E-state index in [0.29, 0.717) is 12.3 Å². The second-order valence-electron chi connectivity index (χ2n) is 6.78. The Morgan fingerprint density at radius 3 is 2.17 bits per heavy atom. The molecule has 18 heavy (non-hydrogen) atoms. The van der Waals surface area contributed by atoms with Crippen molar-refractivity contribution in [1.82, 2.24) is 0 Å². The maximum absolute atomic E-state index is 10.6. The summed E-state index contributed by atoms with van der Waals surface area (Å²) >= 11 is 0. The van der Waals surface area contributed by atoms with E-state index in [-0.39, 0.29) is 0 Å². The fourth-order valence-electron chi connectivity index (χ4n) is 2.84. The summed E-state index contributed by atoms with van der Waals surface area (Å²) in [6.45, 7) is 8.74. The van der Waals surface area contributed by atoms with Crippen molar-refractivity contribution >= 4 is 8.07 Å². The van der Waals surface area contributed by atoms with Crippen LogP contribution in [0.2, 0.25) is 19.6 Å². The van der Waals surface area contributed by atoms with Crippen molar-refractivity contribution in [3.05, 3.63) is 11.3 Å². The van der Waals surface area contributed by atoms with Crippen LogP contribution < -0.4 is 0 Å². The van der Waals surface area contributed by atoms with Gasteiger partial charge in [0.05, 0.1) is 20.3 Å². The van der Waals surface area contributed by atoms with Crippen LogP contribution in [0, 0.1) is 5.92 Å². The molecular formula is C15H30O2Si. The third-order valence-corrected chi connectivity index (χ3v) is 5.01. The van der Waals surface area contributed by atoms with Crippen LogP contribution in [0.25, 0.3) is 0 Å². The molecule has 0 aromatic heterocycles. The lowest BCUT2D eigenvalue weighted by molar-refractivity contribution is 0.0830. The summed E-state index contributed by atoms with van der Waals surface area (Å²) in [5.41, 5.74) is 3.11. The summed E-state index contributed by atoms with van der Waals surface area (Å²) in [6, 6.07) is 0. The third kappa shape index (κ3) is 4.86. The van der Waals surface area contributed by atoms with Crippen molar-refractivity contribution in [3.8, 4) is 0 Å². The van der Waals surface area contributed by atoms with E-state index in [4.69, 9.17) is 0 Å². The third-order valence-electron chi connectivity index (χ3n) is 3.81. The van der Waals surface area contributed by atoms with Crippen molar-refractivity contribution in [2.45, 2.75) is 77.3 Å². The summed E-state index contributed by atoms with van der Waals surface area (Å²) in [6.07, 6.45) is 5.78. The van der Waals surface area contributed by atoms with Crippen LogP contribution in [-0.4, -0.2) is 30.5 Å². The second kappa shape index (κ2) is 6.87. The van der Waals surface area contributed by atoms with Crippen LogP contribution in [0.4, 0.5) is 0 Å². The molecule has 0 bridgehead atoms. The lowest BCUT2D eigenvalue weighted by atomic mass is 9.81. The van der Waals surface area contributed by atoms with Crippen molar-refractivity contribution in [3.63, 3.8) is 0 Å². The lowest BCUT2D eigenvalue weighted by Crippen LogP contribution is -2.33. The molecule has 1 rings (SSSR count). The van der Waals surface area contributed by atoms with Gasteiger partial charge < -0.3 is 10.2 Å². The summed E-state index contributed by atoms with van der Waals surface area (Å²) in [7, 11) is -1.41. The van der Waals surface area contributed by atoms with E-state index in [0.717, 1.165) is 18.4 Å². The zero-order valence-corrected chi connectivity index (χ0v) is 13.4. The molecule has 0 aromatic rings. The normalized spacial score (nSPS) is 22.9. The molecule has 2 N–H and O–H groups in total. The second-order valence-corrected chi connectivity index (χ2v) is 11.8. The van der Waals surface area contributed by atoms with Gasteiger partial charge in [0.2, 0.25) is 0 Å². The molecule has 2 nitrogen and oxygen atoms in total. The summed E-state index contributed by atoms with van der Waals surface area (Å²) in [4.78, 5) is 0. The Morgan fingerprint density at radius 2 is 1.72 bits per heavy atom. The van der Waals surface area contributed by atoms with Gasteiger partial charge in [-0.15, -0.1) is 0 Å². The highest BCUT2D eigenvalue weighted by atomic mass is 28.3. The van der Waals surface area contributed by atoms with E-state index in [1.165, 1.54) is 19.3 Å². The molecular weight excluding hydrogens is 240 g/mol. The molecule has 106 valence electrons. The zero-order valence-electron chi connectivity index (χ0n) is 12.4. The van der Waals surface area contributed by atoms with E-state index in [1.54, 1.807) is 0 Å². The lowest BCUT2D eigenvalue weighted by Gasteiger charge is -2.31. The molecule has 0 aromatic carbocycles. The quantitative estimate of drug-likeness (QED) is 0.751. The van der Waals surface area contributed by atoms with Gasteiger partial charge in [0.15, 0.2) is 0 Å². The number of hydrogen-bond acceptors (Lipinski definition) is 2. The minimum absolute atomic E-state index is 0.363. The molecule has 1 aliphatic carbocycles. The van der Waals surface area contributed by atoms with Gasteiger partial charge in [-0.3, -0.25) is 0 Å². The van der Waals surface area contributed by atoms with Crippen LogP contribution in [0.3, 0.4) is 0 Å². The standard InChI is InChI=1S/C15H30O2Si/c1-5-14(16)13(11-18(2,3)4)15(17)12-9-7-6-8-10-12/h11-12,14-17H,5-10H2,1-4H3/b13-11+/t14-,15+/m1/s1. The SMILES string of the molecule is CC[C@@H](O)/C(=C\[Si](C)(C)C)[C@@H](O)C1CCCCC1. The Bertz CT molecular complexity index is 275. The first-order valence-corrected chi connectivity index (χ1v) is 11.0. The van der Waals surface area contributed by atoms with Gasteiger partial charge in [0, 0.05) is 0 Å². The summed E-state index contributed by atoms with van der Waals surface area (Å²) in [5.74, 6) is 0.363. The molecule has 3 heteroatoms. The van der Waals surface area contributed by atoms with Crippen LogP contribution in [0.1, 0.15) is 45.4 Å². The Morgan fingerprint density at radius 1 is 1.17 bits per heavy atom. The van der Waals surface area contributed by atoms with Crippen LogP contribution in [-0.2, 0) is 0 Å². The molecule has 2 atom stereocenters. The molecule has 1 fully saturated rings. The Hall–Kier alpha value is -0.123. The Kier molecular flexibility index (Phi) is 6.08. The van der Waals surface area contributed by atoms with Crippen molar-refractivity contribution in [1.29, 1.82) is 0 Å². The monoisotopic (exact) mass is 270 g/mol. The molecule has 1 aliphatic rings. The average Bonchev–Trinajstić information content (AvgIpc) is 2.34. The molecule has 0 saturated heterocycles. The highest BCUT2D eigenvalue weighted by Crippen LogP contribution is 2.31. The minimum Gasteiger partial charge on any atom is -0.389 e. The maximum Gasteiger partial charge on any atom is 0.0799 e. The number of aliphatic hydroxyl groups is 2. The summed E-state index contributed by atoms with van der Waals surface area (Å²) in [5, 5.41) is 20.8. The van der Waals surface area contributed by atoms with Crippen LogP contribution in [0.5, 0.6) is 0 Å². The number of hydrogen-bond donors (Lipinski definition) is 2. The predicted octanol–water partition coefficient (Wildman–Crippen LogP) is 3.50. The van der Waals surface area contributed by atoms with Gasteiger partial charge in [-0.1, -0.05) is 51.5 Å². The first-order chi connectivity index (χ1) is 8.35. The van der Waals surface area contributed by atoms with Gasteiger partial charge >= 0.3 is 0 Å². The van der Waals surface area contributed by atoms with Gasteiger partial charge in [-0.25, -0.2) is 0 Å². The zero-order chi connectivity index (χ0) is 13.8. The maximum atomic E-state index is 10.6. The number of aliphatic hydroxyl groups excluding tert-OH is 2. The van der Waals surface area contributed by atoms with E-state index in [2.05, 4.69) is 25.3 Å². The van der Waals surface area contributed by atoms with Crippen molar-refractivity contribution in [2.75, 3.05) is 0 Å². The van der Waals surface area contributed by atoms with Crippen LogP contribution in [0.15, 0.2) is 11.3 Å².